The average molecular weight is 301 g/mol. The van der Waals surface area contributed by atoms with Crippen molar-refractivity contribution in [2.24, 2.45) is 0 Å². The molecule has 0 fully saturated rings. The van der Waals surface area contributed by atoms with E-state index in [0.29, 0.717) is 0 Å². The van der Waals surface area contributed by atoms with Crippen molar-refractivity contribution in [3.8, 4) is 0 Å². The van der Waals surface area contributed by atoms with Crippen LogP contribution in [-0.2, 0) is 18.4 Å². The first kappa shape index (κ1) is 15.3. The van der Waals surface area contributed by atoms with Gasteiger partial charge in [0.25, 0.3) is 0 Å². The summed E-state index contributed by atoms with van der Waals surface area (Å²) in [6.07, 6.45) is -0.188. The fourth-order valence-corrected chi connectivity index (χ4v) is 3.03. The summed E-state index contributed by atoms with van der Waals surface area (Å²) in [7, 11) is -3.25. The van der Waals surface area contributed by atoms with Gasteiger partial charge in [0, 0.05) is 0 Å². The van der Waals surface area contributed by atoms with Gasteiger partial charge in [0.2, 0.25) is 0 Å². The van der Waals surface area contributed by atoms with E-state index < -0.39 is 11.9 Å². The minimum atomic E-state index is -3.25. The smallest absolute Gasteiger partial charge is 0.309 e. The van der Waals surface area contributed by atoms with E-state index in [1.807, 2.05) is 0 Å². The number of hydrogen-bond acceptors (Lipinski definition) is 4. The zero-order chi connectivity index (χ0) is 12.1. The number of hydrogen-bond donors (Lipinski definition) is 0. The van der Waals surface area contributed by atoms with Crippen LogP contribution in [0.2, 0.25) is 0 Å². The van der Waals surface area contributed by atoms with Gasteiger partial charge in [-0.2, -0.15) is 0 Å². The number of carbonyl (C=O) groups is 1. The van der Waals surface area contributed by atoms with Crippen LogP contribution in [0.25, 0.3) is 0 Å². The van der Waals surface area contributed by atoms with Gasteiger partial charge in [-0.1, -0.05) is 15.9 Å². The second kappa shape index (κ2) is 6.14. The molecule has 0 radical (unpaired) electrons. The van der Waals surface area contributed by atoms with Crippen molar-refractivity contribution < 1.29 is 18.4 Å². The van der Waals surface area contributed by atoms with Crippen LogP contribution in [0.5, 0.6) is 0 Å². The van der Waals surface area contributed by atoms with Gasteiger partial charge >= 0.3 is 7.60 Å². The van der Waals surface area contributed by atoms with E-state index in [-0.39, 0.29) is 25.2 Å². The summed E-state index contributed by atoms with van der Waals surface area (Å²) in [6.45, 7) is 7.39. The van der Waals surface area contributed by atoms with Gasteiger partial charge in [0.15, 0.2) is 5.78 Å². The lowest BCUT2D eigenvalue weighted by Gasteiger charge is -2.20. The second-order valence-corrected chi connectivity index (χ2v) is 7.54. The molecule has 90 valence electrons. The molecule has 0 saturated heterocycles. The van der Waals surface area contributed by atoms with E-state index in [4.69, 9.17) is 9.05 Å². The maximum absolute atomic E-state index is 12.0. The highest BCUT2D eigenvalue weighted by molar-refractivity contribution is 9.10. The van der Waals surface area contributed by atoms with Crippen LogP contribution in [0.4, 0.5) is 0 Å². The summed E-state index contributed by atoms with van der Waals surface area (Å²) < 4.78 is 21.3. The zero-order valence-electron chi connectivity index (χ0n) is 9.58. The standard InChI is InChI=1S/C9H18BrO4P/c1-5-13-15(12,14-6-2)7-8(11)9(3,4)10/h5-7H2,1-4H3. The topological polar surface area (TPSA) is 52.6 Å². The summed E-state index contributed by atoms with van der Waals surface area (Å²) in [5.74, 6) is -0.187. The van der Waals surface area contributed by atoms with Gasteiger partial charge in [-0.15, -0.1) is 0 Å². The Hall–Kier alpha value is 0.300. The van der Waals surface area contributed by atoms with Crippen molar-refractivity contribution in [2.45, 2.75) is 32.0 Å². The maximum Gasteiger partial charge on any atom is 0.338 e. The van der Waals surface area contributed by atoms with Crippen LogP contribution < -0.4 is 0 Å². The van der Waals surface area contributed by atoms with Crippen molar-refractivity contribution in [3.05, 3.63) is 0 Å². The second-order valence-electron chi connectivity index (χ2n) is 3.50. The van der Waals surface area contributed by atoms with Gasteiger partial charge in [-0.3, -0.25) is 9.36 Å². The van der Waals surface area contributed by atoms with Gasteiger partial charge in [-0.25, -0.2) is 0 Å². The Balaban J connectivity index is 4.55. The molecule has 0 aliphatic heterocycles. The SMILES string of the molecule is CCOP(=O)(CC(=O)C(C)(C)Br)OCC. The van der Waals surface area contributed by atoms with E-state index in [0.717, 1.165) is 0 Å². The minimum Gasteiger partial charge on any atom is -0.309 e. The normalized spacial score (nSPS) is 12.9. The third-order valence-electron chi connectivity index (χ3n) is 1.65. The number of halogens is 1. The quantitative estimate of drug-likeness (QED) is 0.536. The summed E-state index contributed by atoms with van der Waals surface area (Å²) in [6, 6.07) is 0. The molecule has 0 saturated carbocycles. The fraction of sp³-hybridized carbons (Fsp3) is 0.889. The highest BCUT2D eigenvalue weighted by atomic mass is 79.9. The zero-order valence-corrected chi connectivity index (χ0v) is 12.1. The lowest BCUT2D eigenvalue weighted by molar-refractivity contribution is -0.118. The van der Waals surface area contributed by atoms with Crippen LogP contribution in [0.1, 0.15) is 27.7 Å². The molecule has 0 bridgehead atoms. The maximum atomic E-state index is 12.0. The van der Waals surface area contributed by atoms with E-state index in [9.17, 15) is 9.36 Å². The summed E-state index contributed by atoms with van der Waals surface area (Å²) in [5, 5.41) is 0. The molecular formula is C9H18BrO4P. The first-order valence-electron chi connectivity index (χ1n) is 4.85. The van der Waals surface area contributed by atoms with Crippen molar-refractivity contribution in [1.82, 2.24) is 0 Å². The van der Waals surface area contributed by atoms with Crippen molar-refractivity contribution in [1.29, 1.82) is 0 Å². The van der Waals surface area contributed by atoms with Crippen LogP contribution in [0, 0.1) is 0 Å². The van der Waals surface area contributed by atoms with Crippen molar-refractivity contribution >= 4 is 29.3 Å². The van der Waals surface area contributed by atoms with Gasteiger partial charge in [-0.05, 0) is 27.7 Å². The number of ketones is 1. The number of carbonyl (C=O) groups excluding carboxylic acids is 1. The Morgan fingerprint density at radius 2 is 1.67 bits per heavy atom. The Labute approximate surface area is 99.4 Å². The molecule has 0 aromatic rings. The predicted molar refractivity (Wildman–Crippen MR) is 63.7 cm³/mol. The molecule has 15 heavy (non-hydrogen) atoms. The lowest BCUT2D eigenvalue weighted by atomic mass is 10.1. The van der Waals surface area contributed by atoms with Gasteiger partial charge in [0.1, 0.15) is 6.16 Å². The Morgan fingerprint density at radius 3 is 1.93 bits per heavy atom. The average Bonchev–Trinajstić information content (AvgIpc) is 2.02. The summed E-state index contributed by atoms with van der Waals surface area (Å²) >= 11 is 3.22. The first-order valence-corrected chi connectivity index (χ1v) is 7.37. The van der Waals surface area contributed by atoms with Crippen LogP contribution in [-0.4, -0.2) is 29.5 Å². The molecule has 0 unspecified atom stereocenters. The first-order chi connectivity index (χ1) is 6.75. The van der Waals surface area contributed by atoms with E-state index >= 15 is 0 Å². The molecular weight excluding hydrogens is 283 g/mol. The highest BCUT2D eigenvalue weighted by Crippen LogP contribution is 2.48. The minimum absolute atomic E-state index is 0.187. The number of rotatable bonds is 7. The number of alkyl halides is 1. The van der Waals surface area contributed by atoms with E-state index in [1.165, 1.54) is 0 Å². The molecule has 0 N–H and O–H groups in total. The molecule has 0 heterocycles. The van der Waals surface area contributed by atoms with Crippen molar-refractivity contribution in [2.75, 3.05) is 19.4 Å². The van der Waals surface area contributed by atoms with Crippen molar-refractivity contribution in [3.63, 3.8) is 0 Å². The van der Waals surface area contributed by atoms with E-state index in [1.54, 1.807) is 27.7 Å². The summed E-state index contributed by atoms with van der Waals surface area (Å²) in [4.78, 5) is 11.7. The lowest BCUT2D eigenvalue weighted by Crippen LogP contribution is -2.27. The van der Waals surface area contributed by atoms with Gasteiger partial charge < -0.3 is 9.05 Å². The molecule has 6 heteroatoms. The Kier molecular flexibility index (Phi) is 6.26. The molecule has 0 amide bonds. The molecule has 0 spiro atoms. The largest absolute Gasteiger partial charge is 0.338 e. The van der Waals surface area contributed by atoms with Crippen LogP contribution >= 0.6 is 23.5 Å². The molecule has 0 aromatic carbocycles. The third-order valence-corrected chi connectivity index (χ3v) is 4.07. The predicted octanol–water partition coefficient (Wildman–Crippen LogP) is 3.00. The molecule has 0 atom stereocenters. The highest BCUT2D eigenvalue weighted by Gasteiger charge is 2.34. The molecule has 0 rings (SSSR count). The van der Waals surface area contributed by atoms with Gasteiger partial charge in [0.05, 0.1) is 17.5 Å². The Morgan fingerprint density at radius 1 is 1.27 bits per heavy atom. The molecule has 0 aliphatic rings. The van der Waals surface area contributed by atoms with E-state index in [2.05, 4.69) is 15.9 Å². The monoisotopic (exact) mass is 300 g/mol. The Bertz CT molecular complexity index is 249. The number of Topliss-reactive ketones (excluding diaryl/α,β-unsaturated/α-hetero) is 1. The summed E-state index contributed by atoms with van der Waals surface area (Å²) in [5.41, 5.74) is 0. The molecule has 0 aromatic heterocycles. The van der Waals surface area contributed by atoms with Crippen LogP contribution in [0.3, 0.4) is 0 Å². The molecule has 0 aliphatic carbocycles. The third kappa shape index (κ3) is 5.81. The molecule has 4 nitrogen and oxygen atoms in total. The van der Waals surface area contributed by atoms with Crippen LogP contribution in [0.15, 0.2) is 0 Å². The fourth-order valence-electron chi connectivity index (χ4n) is 0.886.